The van der Waals surface area contributed by atoms with Gasteiger partial charge in [-0.15, -0.1) is 0 Å². The van der Waals surface area contributed by atoms with Gasteiger partial charge in [0.2, 0.25) is 0 Å². The third kappa shape index (κ3) is 5.50. The highest BCUT2D eigenvalue weighted by Crippen LogP contribution is 2.18. The van der Waals surface area contributed by atoms with E-state index in [2.05, 4.69) is 11.0 Å². The maximum Gasteiger partial charge on any atom is 0.254 e. The second-order valence-corrected chi connectivity index (χ2v) is 7.68. The van der Waals surface area contributed by atoms with E-state index in [0.717, 1.165) is 25.2 Å². The second kappa shape index (κ2) is 9.92. The lowest BCUT2D eigenvalue weighted by Gasteiger charge is -2.34. The van der Waals surface area contributed by atoms with Crippen LogP contribution in [-0.2, 0) is 13.2 Å². The van der Waals surface area contributed by atoms with Gasteiger partial charge in [0.25, 0.3) is 5.91 Å². The van der Waals surface area contributed by atoms with Crippen LogP contribution in [0.4, 0.5) is 0 Å². The lowest BCUT2D eigenvalue weighted by molar-refractivity contribution is 0.0628. The molecule has 5 heteroatoms. The summed E-state index contributed by atoms with van der Waals surface area (Å²) in [5, 5.41) is 8.92. The highest BCUT2D eigenvalue weighted by Gasteiger charge is 2.22. The summed E-state index contributed by atoms with van der Waals surface area (Å²) in [4.78, 5) is 17.2. The Balaban J connectivity index is 1.30. The predicted molar refractivity (Wildman–Crippen MR) is 120 cm³/mol. The van der Waals surface area contributed by atoms with E-state index in [-0.39, 0.29) is 5.91 Å². The molecule has 3 aromatic carbocycles. The zero-order valence-electron chi connectivity index (χ0n) is 17.4. The van der Waals surface area contributed by atoms with Gasteiger partial charge in [0.05, 0.1) is 11.6 Å². The zero-order chi connectivity index (χ0) is 21.5. The van der Waals surface area contributed by atoms with Crippen molar-refractivity contribution in [3.05, 3.63) is 101 Å². The number of nitriles is 1. The van der Waals surface area contributed by atoms with Crippen molar-refractivity contribution in [3.8, 4) is 11.8 Å². The van der Waals surface area contributed by atoms with E-state index < -0.39 is 0 Å². The molecule has 0 saturated carbocycles. The lowest BCUT2D eigenvalue weighted by Crippen LogP contribution is -2.48. The van der Waals surface area contributed by atoms with Gasteiger partial charge in [-0.1, -0.05) is 48.5 Å². The normalized spacial score (nSPS) is 14.1. The van der Waals surface area contributed by atoms with E-state index in [1.807, 2.05) is 83.8 Å². The third-order valence-corrected chi connectivity index (χ3v) is 5.48. The topological polar surface area (TPSA) is 56.6 Å². The summed E-state index contributed by atoms with van der Waals surface area (Å²) < 4.78 is 5.87. The highest BCUT2D eigenvalue weighted by atomic mass is 16.5. The van der Waals surface area contributed by atoms with Crippen LogP contribution in [0.2, 0.25) is 0 Å². The molecule has 1 aliphatic rings. The predicted octanol–water partition coefficient (Wildman–Crippen LogP) is 4.10. The van der Waals surface area contributed by atoms with Crippen LogP contribution in [0.5, 0.6) is 5.75 Å². The van der Waals surface area contributed by atoms with Crippen molar-refractivity contribution in [1.29, 1.82) is 5.26 Å². The Morgan fingerprint density at radius 2 is 1.61 bits per heavy atom. The van der Waals surface area contributed by atoms with E-state index >= 15 is 0 Å². The quantitative estimate of drug-likeness (QED) is 0.613. The Morgan fingerprint density at radius 1 is 0.871 bits per heavy atom. The van der Waals surface area contributed by atoms with Crippen LogP contribution >= 0.6 is 0 Å². The first kappa shape index (κ1) is 20.6. The van der Waals surface area contributed by atoms with Crippen LogP contribution in [0, 0.1) is 11.3 Å². The smallest absolute Gasteiger partial charge is 0.254 e. The van der Waals surface area contributed by atoms with Gasteiger partial charge >= 0.3 is 0 Å². The molecule has 156 valence electrons. The van der Waals surface area contributed by atoms with E-state index in [9.17, 15) is 4.79 Å². The molecule has 0 spiro atoms. The fourth-order valence-electron chi connectivity index (χ4n) is 3.69. The minimum atomic E-state index is 0.0446. The first-order valence-electron chi connectivity index (χ1n) is 10.5. The van der Waals surface area contributed by atoms with Gasteiger partial charge in [0.15, 0.2) is 0 Å². The van der Waals surface area contributed by atoms with E-state index in [1.54, 1.807) is 0 Å². The molecule has 3 aromatic rings. The number of hydrogen-bond acceptors (Lipinski definition) is 4. The number of carbonyl (C=O) groups is 1. The molecule has 0 bridgehead atoms. The Morgan fingerprint density at radius 3 is 2.32 bits per heavy atom. The van der Waals surface area contributed by atoms with Gasteiger partial charge in [0, 0.05) is 38.3 Å². The summed E-state index contributed by atoms with van der Waals surface area (Å²) in [5.74, 6) is 0.748. The molecule has 0 atom stereocenters. The zero-order valence-corrected chi connectivity index (χ0v) is 17.4. The van der Waals surface area contributed by atoms with Crippen LogP contribution in [0.1, 0.15) is 27.0 Å². The molecule has 0 radical (unpaired) electrons. The van der Waals surface area contributed by atoms with Crippen molar-refractivity contribution >= 4 is 5.91 Å². The summed E-state index contributed by atoms with van der Waals surface area (Å²) in [6.07, 6.45) is 0. The van der Waals surface area contributed by atoms with Crippen molar-refractivity contribution in [3.63, 3.8) is 0 Å². The minimum Gasteiger partial charge on any atom is -0.489 e. The Labute approximate surface area is 183 Å². The monoisotopic (exact) mass is 411 g/mol. The molecule has 1 saturated heterocycles. The van der Waals surface area contributed by atoms with Crippen molar-refractivity contribution in [2.24, 2.45) is 0 Å². The third-order valence-electron chi connectivity index (χ3n) is 5.48. The first-order valence-corrected chi connectivity index (χ1v) is 10.5. The van der Waals surface area contributed by atoms with Gasteiger partial charge in [0.1, 0.15) is 12.4 Å². The lowest BCUT2D eigenvalue weighted by atomic mass is 10.1. The Kier molecular flexibility index (Phi) is 6.61. The maximum atomic E-state index is 13.0. The minimum absolute atomic E-state index is 0.0446. The van der Waals surface area contributed by atoms with Gasteiger partial charge in [-0.25, -0.2) is 0 Å². The molecule has 5 nitrogen and oxygen atoms in total. The van der Waals surface area contributed by atoms with E-state index in [1.165, 1.54) is 5.56 Å². The molecule has 0 unspecified atom stereocenters. The molecular weight excluding hydrogens is 386 g/mol. The van der Waals surface area contributed by atoms with Crippen molar-refractivity contribution in [1.82, 2.24) is 9.80 Å². The molecule has 1 amide bonds. The Bertz CT molecular complexity index is 1050. The van der Waals surface area contributed by atoms with Crippen LogP contribution in [0.25, 0.3) is 0 Å². The van der Waals surface area contributed by atoms with Crippen molar-refractivity contribution in [2.75, 3.05) is 26.2 Å². The average molecular weight is 412 g/mol. The molecule has 1 aliphatic heterocycles. The molecule has 0 aliphatic carbocycles. The van der Waals surface area contributed by atoms with Gasteiger partial charge in [-0.3, -0.25) is 9.69 Å². The number of ether oxygens (including phenoxy) is 1. The fourth-order valence-corrected chi connectivity index (χ4v) is 3.69. The molecular formula is C26H25N3O2. The number of piperazine rings is 1. The van der Waals surface area contributed by atoms with Gasteiger partial charge in [-0.05, 0) is 41.5 Å². The number of carbonyl (C=O) groups excluding carboxylic acids is 1. The summed E-state index contributed by atoms with van der Waals surface area (Å²) in [6.45, 7) is 4.36. The van der Waals surface area contributed by atoms with Crippen molar-refractivity contribution in [2.45, 2.75) is 13.2 Å². The molecule has 1 heterocycles. The van der Waals surface area contributed by atoms with E-state index in [4.69, 9.17) is 10.00 Å². The summed E-state index contributed by atoms with van der Waals surface area (Å²) in [5.41, 5.74) is 3.61. The van der Waals surface area contributed by atoms with Crippen LogP contribution in [0.15, 0.2) is 78.9 Å². The van der Waals surface area contributed by atoms with Crippen molar-refractivity contribution < 1.29 is 9.53 Å². The summed E-state index contributed by atoms with van der Waals surface area (Å²) in [6, 6.07) is 27.3. The SMILES string of the molecule is N#Cc1ccc(CN2CCN(C(=O)c3cccc(OCc4ccccc4)c3)CC2)cc1. The fraction of sp³-hybridized carbons (Fsp3) is 0.231. The van der Waals surface area contributed by atoms with Crippen LogP contribution in [-0.4, -0.2) is 41.9 Å². The largest absolute Gasteiger partial charge is 0.489 e. The number of amides is 1. The Hall–Kier alpha value is -3.62. The number of hydrogen-bond donors (Lipinski definition) is 0. The first-order chi connectivity index (χ1) is 15.2. The molecule has 0 N–H and O–H groups in total. The molecule has 4 rings (SSSR count). The average Bonchev–Trinajstić information content (AvgIpc) is 2.84. The second-order valence-electron chi connectivity index (χ2n) is 7.68. The standard InChI is InChI=1S/C26H25N3O2/c27-18-21-9-11-22(12-10-21)19-28-13-15-29(16-14-28)26(30)24-7-4-8-25(17-24)31-20-23-5-2-1-3-6-23/h1-12,17H,13-16,19-20H2. The number of rotatable bonds is 6. The number of nitrogens with zero attached hydrogens (tertiary/aromatic N) is 3. The van der Waals surface area contributed by atoms with Gasteiger partial charge in [-0.2, -0.15) is 5.26 Å². The molecule has 1 fully saturated rings. The van der Waals surface area contributed by atoms with E-state index in [0.29, 0.717) is 36.6 Å². The summed E-state index contributed by atoms with van der Waals surface area (Å²) >= 11 is 0. The maximum absolute atomic E-state index is 13.0. The molecule has 31 heavy (non-hydrogen) atoms. The highest BCUT2D eigenvalue weighted by molar-refractivity contribution is 5.94. The van der Waals surface area contributed by atoms with Gasteiger partial charge < -0.3 is 9.64 Å². The van der Waals surface area contributed by atoms with Crippen LogP contribution < -0.4 is 4.74 Å². The van der Waals surface area contributed by atoms with Crippen LogP contribution in [0.3, 0.4) is 0 Å². The summed E-state index contributed by atoms with van der Waals surface area (Å²) in [7, 11) is 0. The number of benzene rings is 3. The molecule has 0 aromatic heterocycles.